The lowest BCUT2D eigenvalue weighted by Crippen LogP contribution is -2.32. The first-order chi connectivity index (χ1) is 10.5. The van der Waals surface area contributed by atoms with Crippen molar-refractivity contribution in [3.63, 3.8) is 0 Å². The number of carbonyl (C=O) groups excluding carboxylic acids is 1. The number of rotatable bonds is 4. The molecule has 0 spiro atoms. The van der Waals surface area contributed by atoms with Gasteiger partial charge in [0.2, 0.25) is 0 Å². The second-order valence-electron chi connectivity index (χ2n) is 5.43. The molecule has 2 N–H and O–H groups in total. The summed E-state index contributed by atoms with van der Waals surface area (Å²) in [5.41, 5.74) is 5.28. The molecule has 116 valence electrons. The molecule has 0 saturated carbocycles. The van der Waals surface area contributed by atoms with Crippen LogP contribution in [0.3, 0.4) is 0 Å². The van der Waals surface area contributed by atoms with Crippen LogP contribution in [0.25, 0.3) is 0 Å². The van der Waals surface area contributed by atoms with E-state index in [0.29, 0.717) is 0 Å². The molecule has 0 aliphatic heterocycles. The topological polar surface area (TPSA) is 50.4 Å². The van der Waals surface area contributed by atoms with Crippen molar-refractivity contribution in [1.82, 2.24) is 5.32 Å². The standard InChI is InChI=1S/C18H22N2O2/c1-12-8-9-16(10-15(12)4)22-11-19-18(21)20-17-13(2)6-5-7-14(17)3/h5-10H,11H2,1-4H3,(H2,19,20,21). The summed E-state index contributed by atoms with van der Waals surface area (Å²) in [4.78, 5) is 11.9. The minimum atomic E-state index is -0.277. The van der Waals surface area contributed by atoms with E-state index in [1.165, 1.54) is 5.56 Å². The number of ether oxygens (including phenoxy) is 1. The Bertz CT molecular complexity index is 661. The molecule has 0 fully saturated rings. The maximum Gasteiger partial charge on any atom is 0.321 e. The van der Waals surface area contributed by atoms with Crippen LogP contribution in [0.15, 0.2) is 36.4 Å². The van der Waals surface area contributed by atoms with Crippen LogP contribution in [-0.2, 0) is 0 Å². The molecule has 4 nitrogen and oxygen atoms in total. The summed E-state index contributed by atoms with van der Waals surface area (Å²) >= 11 is 0. The average molecular weight is 298 g/mol. The first-order valence-electron chi connectivity index (χ1n) is 7.28. The summed E-state index contributed by atoms with van der Waals surface area (Å²) < 4.78 is 5.54. The molecule has 2 aromatic rings. The number of benzene rings is 2. The summed E-state index contributed by atoms with van der Waals surface area (Å²) in [5, 5.41) is 5.55. The van der Waals surface area contributed by atoms with Crippen molar-refractivity contribution in [3.8, 4) is 5.75 Å². The molecule has 2 amide bonds. The van der Waals surface area contributed by atoms with Gasteiger partial charge < -0.3 is 15.4 Å². The summed E-state index contributed by atoms with van der Waals surface area (Å²) in [7, 11) is 0. The van der Waals surface area contributed by atoms with Gasteiger partial charge in [-0.1, -0.05) is 24.3 Å². The van der Waals surface area contributed by atoms with Crippen molar-refractivity contribution in [3.05, 3.63) is 58.7 Å². The number of carbonyl (C=O) groups is 1. The van der Waals surface area contributed by atoms with Gasteiger partial charge in [-0.05, 0) is 62.1 Å². The number of nitrogens with one attached hydrogen (secondary N) is 2. The molecule has 0 heterocycles. The average Bonchev–Trinajstić information content (AvgIpc) is 2.47. The third kappa shape index (κ3) is 4.01. The molecule has 0 radical (unpaired) electrons. The molecule has 2 rings (SSSR count). The van der Waals surface area contributed by atoms with E-state index in [9.17, 15) is 4.79 Å². The van der Waals surface area contributed by atoms with Crippen LogP contribution >= 0.6 is 0 Å². The SMILES string of the molecule is Cc1ccc(OCNC(=O)Nc2c(C)cccc2C)cc1C. The number of amides is 2. The highest BCUT2D eigenvalue weighted by Gasteiger charge is 2.06. The van der Waals surface area contributed by atoms with Gasteiger partial charge in [-0.15, -0.1) is 0 Å². The van der Waals surface area contributed by atoms with Crippen molar-refractivity contribution in [1.29, 1.82) is 0 Å². The molecule has 0 aromatic heterocycles. The Morgan fingerprint density at radius 2 is 1.64 bits per heavy atom. The fourth-order valence-corrected chi connectivity index (χ4v) is 2.16. The Kier molecular flexibility index (Phi) is 5.04. The maximum atomic E-state index is 11.9. The number of aryl methyl sites for hydroxylation is 4. The van der Waals surface area contributed by atoms with Crippen LogP contribution in [-0.4, -0.2) is 12.8 Å². The Labute approximate surface area is 131 Å². The van der Waals surface area contributed by atoms with E-state index < -0.39 is 0 Å². The minimum Gasteiger partial charge on any atom is -0.473 e. The van der Waals surface area contributed by atoms with Gasteiger partial charge in [-0.3, -0.25) is 0 Å². The zero-order valence-electron chi connectivity index (χ0n) is 13.5. The summed E-state index contributed by atoms with van der Waals surface area (Å²) in [6, 6.07) is 11.5. The smallest absolute Gasteiger partial charge is 0.321 e. The van der Waals surface area contributed by atoms with Crippen molar-refractivity contribution in [2.24, 2.45) is 0 Å². The largest absolute Gasteiger partial charge is 0.473 e. The second-order valence-corrected chi connectivity index (χ2v) is 5.43. The molecule has 0 bridgehead atoms. The molecule has 0 atom stereocenters. The zero-order valence-corrected chi connectivity index (χ0v) is 13.5. The number of hydrogen-bond donors (Lipinski definition) is 2. The summed E-state index contributed by atoms with van der Waals surface area (Å²) in [6.45, 7) is 8.14. The van der Waals surface area contributed by atoms with Crippen LogP contribution in [0, 0.1) is 27.7 Å². The summed E-state index contributed by atoms with van der Waals surface area (Å²) in [6.07, 6.45) is 0. The van der Waals surface area contributed by atoms with Crippen molar-refractivity contribution in [2.75, 3.05) is 12.0 Å². The summed E-state index contributed by atoms with van der Waals surface area (Å²) in [5.74, 6) is 0.746. The fourth-order valence-electron chi connectivity index (χ4n) is 2.16. The Morgan fingerprint density at radius 3 is 2.27 bits per heavy atom. The van der Waals surface area contributed by atoms with E-state index in [1.807, 2.05) is 57.2 Å². The highest BCUT2D eigenvalue weighted by molar-refractivity contribution is 5.90. The van der Waals surface area contributed by atoms with Gasteiger partial charge in [0.25, 0.3) is 0 Å². The Balaban J connectivity index is 1.86. The van der Waals surface area contributed by atoms with Gasteiger partial charge >= 0.3 is 6.03 Å². The predicted molar refractivity (Wildman–Crippen MR) is 89.5 cm³/mol. The van der Waals surface area contributed by atoms with Crippen LogP contribution < -0.4 is 15.4 Å². The molecular weight excluding hydrogens is 276 g/mol. The molecular formula is C18H22N2O2. The van der Waals surface area contributed by atoms with Crippen LogP contribution in [0.1, 0.15) is 22.3 Å². The number of urea groups is 1. The van der Waals surface area contributed by atoms with Gasteiger partial charge in [-0.25, -0.2) is 4.79 Å². The van der Waals surface area contributed by atoms with Crippen LogP contribution in [0.2, 0.25) is 0 Å². The molecule has 22 heavy (non-hydrogen) atoms. The van der Waals surface area contributed by atoms with E-state index in [1.54, 1.807) is 0 Å². The first-order valence-corrected chi connectivity index (χ1v) is 7.28. The van der Waals surface area contributed by atoms with E-state index in [4.69, 9.17) is 4.74 Å². The lowest BCUT2D eigenvalue weighted by molar-refractivity contribution is 0.234. The number of para-hydroxylation sites is 1. The molecule has 0 aliphatic rings. The highest BCUT2D eigenvalue weighted by Crippen LogP contribution is 2.19. The Hall–Kier alpha value is -2.49. The lowest BCUT2D eigenvalue weighted by Gasteiger charge is -2.13. The van der Waals surface area contributed by atoms with Crippen molar-refractivity contribution in [2.45, 2.75) is 27.7 Å². The second kappa shape index (κ2) is 6.98. The number of hydrogen-bond acceptors (Lipinski definition) is 2. The predicted octanol–water partition coefficient (Wildman–Crippen LogP) is 4.08. The van der Waals surface area contributed by atoms with Gasteiger partial charge in [-0.2, -0.15) is 0 Å². The molecule has 0 unspecified atom stereocenters. The first kappa shape index (κ1) is 15.9. The van der Waals surface area contributed by atoms with Crippen molar-refractivity contribution < 1.29 is 9.53 Å². The third-order valence-electron chi connectivity index (χ3n) is 3.67. The van der Waals surface area contributed by atoms with E-state index in [-0.39, 0.29) is 12.8 Å². The van der Waals surface area contributed by atoms with Crippen molar-refractivity contribution >= 4 is 11.7 Å². The van der Waals surface area contributed by atoms with E-state index >= 15 is 0 Å². The molecule has 4 heteroatoms. The molecule has 0 aliphatic carbocycles. The normalized spacial score (nSPS) is 10.2. The van der Waals surface area contributed by atoms with Gasteiger partial charge in [0, 0.05) is 5.69 Å². The lowest BCUT2D eigenvalue weighted by atomic mass is 10.1. The quantitative estimate of drug-likeness (QED) is 0.836. The fraction of sp³-hybridized carbons (Fsp3) is 0.278. The van der Waals surface area contributed by atoms with Gasteiger partial charge in [0.1, 0.15) is 5.75 Å². The number of anilines is 1. The van der Waals surface area contributed by atoms with Crippen LogP contribution in [0.5, 0.6) is 5.75 Å². The van der Waals surface area contributed by atoms with E-state index in [2.05, 4.69) is 17.6 Å². The maximum absolute atomic E-state index is 11.9. The zero-order chi connectivity index (χ0) is 16.1. The minimum absolute atomic E-state index is 0.124. The molecule has 0 saturated heterocycles. The molecule has 2 aromatic carbocycles. The highest BCUT2D eigenvalue weighted by atomic mass is 16.5. The third-order valence-corrected chi connectivity index (χ3v) is 3.67. The van der Waals surface area contributed by atoms with Gasteiger partial charge in [0.05, 0.1) is 0 Å². The van der Waals surface area contributed by atoms with E-state index in [0.717, 1.165) is 28.1 Å². The van der Waals surface area contributed by atoms with Gasteiger partial charge in [0.15, 0.2) is 6.73 Å². The van der Waals surface area contributed by atoms with Crippen LogP contribution in [0.4, 0.5) is 10.5 Å². The Morgan fingerprint density at radius 1 is 0.955 bits per heavy atom. The monoisotopic (exact) mass is 298 g/mol.